The van der Waals surface area contributed by atoms with Crippen LogP contribution in [0.5, 0.6) is 0 Å². The highest BCUT2D eigenvalue weighted by Crippen LogP contribution is 2.31. The first-order valence-electron chi connectivity index (χ1n) is 5.15. The molecule has 100 valence electrons. The Bertz CT molecular complexity index is 618. The summed E-state index contributed by atoms with van der Waals surface area (Å²) in [5, 5.41) is 14.7. The van der Waals surface area contributed by atoms with E-state index in [-0.39, 0.29) is 0 Å². The van der Waals surface area contributed by atoms with Gasteiger partial charge >= 0.3 is 5.97 Å². The molecule has 1 aromatic carbocycles. The largest absolute Gasteiger partial charge is 0.479 e. The van der Waals surface area contributed by atoms with Gasteiger partial charge in [-0.2, -0.15) is 0 Å². The SMILES string of the molecule is O=C(O)C(Nc1ccc(Cl)c(Br)c1)c1cc(Br)cs1. The Kier molecular flexibility index (Phi) is 4.89. The highest BCUT2D eigenvalue weighted by molar-refractivity contribution is 9.10. The molecule has 7 heteroatoms. The average molecular weight is 426 g/mol. The number of nitrogens with one attached hydrogen (secondary N) is 1. The molecule has 0 radical (unpaired) electrons. The van der Waals surface area contributed by atoms with Gasteiger partial charge in [-0.25, -0.2) is 4.79 Å². The maximum atomic E-state index is 11.4. The van der Waals surface area contributed by atoms with Crippen LogP contribution in [0.3, 0.4) is 0 Å². The van der Waals surface area contributed by atoms with Gasteiger partial charge in [-0.3, -0.25) is 0 Å². The van der Waals surface area contributed by atoms with E-state index in [1.54, 1.807) is 24.3 Å². The number of hydrogen-bond donors (Lipinski definition) is 2. The first-order valence-corrected chi connectivity index (χ1v) is 8.00. The fourth-order valence-electron chi connectivity index (χ4n) is 1.49. The molecule has 0 amide bonds. The van der Waals surface area contributed by atoms with Crippen molar-refractivity contribution in [2.45, 2.75) is 6.04 Å². The fourth-order valence-corrected chi connectivity index (χ4v) is 3.47. The zero-order valence-corrected chi connectivity index (χ0v) is 14.1. The van der Waals surface area contributed by atoms with Crippen LogP contribution in [0.1, 0.15) is 10.9 Å². The monoisotopic (exact) mass is 423 g/mol. The Labute approximate surface area is 135 Å². The van der Waals surface area contributed by atoms with Crippen molar-refractivity contribution >= 4 is 66.5 Å². The van der Waals surface area contributed by atoms with Crippen LogP contribution in [0.4, 0.5) is 5.69 Å². The average Bonchev–Trinajstić information content (AvgIpc) is 2.76. The summed E-state index contributed by atoms with van der Waals surface area (Å²) in [6.45, 7) is 0. The molecule has 3 nitrogen and oxygen atoms in total. The van der Waals surface area contributed by atoms with Crippen LogP contribution in [0.25, 0.3) is 0 Å². The van der Waals surface area contributed by atoms with E-state index < -0.39 is 12.0 Å². The molecule has 1 heterocycles. The minimum absolute atomic E-state index is 0.580. The summed E-state index contributed by atoms with van der Waals surface area (Å²) in [6, 6.07) is 6.20. The molecule has 2 aromatic rings. The fraction of sp³-hybridized carbons (Fsp3) is 0.0833. The molecule has 0 aliphatic heterocycles. The first kappa shape index (κ1) is 14.8. The maximum absolute atomic E-state index is 11.4. The standard InChI is InChI=1S/C12H8Br2ClNO2S/c13-6-3-10(19-5-6)11(12(17)18)16-7-1-2-9(15)8(14)4-7/h1-5,11,16H,(H,17,18). The van der Waals surface area contributed by atoms with Crippen molar-refractivity contribution in [1.82, 2.24) is 0 Å². The molecule has 0 saturated heterocycles. The van der Waals surface area contributed by atoms with E-state index in [1.165, 1.54) is 11.3 Å². The van der Waals surface area contributed by atoms with Gasteiger partial charge in [-0.1, -0.05) is 11.6 Å². The van der Waals surface area contributed by atoms with Gasteiger partial charge < -0.3 is 10.4 Å². The Balaban J connectivity index is 2.26. The van der Waals surface area contributed by atoms with Crippen LogP contribution in [0.2, 0.25) is 5.02 Å². The molecule has 0 aliphatic rings. The van der Waals surface area contributed by atoms with Gasteiger partial charge in [-0.05, 0) is 56.1 Å². The number of rotatable bonds is 4. The summed E-state index contributed by atoms with van der Waals surface area (Å²) in [5.74, 6) is -0.930. The zero-order chi connectivity index (χ0) is 14.0. The second kappa shape index (κ2) is 6.26. The summed E-state index contributed by atoms with van der Waals surface area (Å²) in [4.78, 5) is 12.1. The van der Waals surface area contributed by atoms with Crippen LogP contribution in [0, 0.1) is 0 Å². The van der Waals surface area contributed by atoms with Gasteiger partial charge in [0.2, 0.25) is 0 Å². The van der Waals surface area contributed by atoms with Gasteiger partial charge in [0.25, 0.3) is 0 Å². The molecule has 2 rings (SSSR count). The Morgan fingerprint density at radius 3 is 2.63 bits per heavy atom. The van der Waals surface area contributed by atoms with Gasteiger partial charge in [0.05, 0.1) is 5.02 Å². The Hall–Kier alpha value is -0.560. The smallest absolute Gasteiger partial charge is 0.331 e. The minimum Gasteiger partial charge on any atom is -0.479 e. The molecule has 0 aliphatic carbocycles. The quantitative estimate of drug-likeness (QED) is 0.711. The van der Waals surface area contributed by atoms with Crippen molar-refractivity contribution < 1.29 is 9.90 Å². The van der Waals surface area contributed by atoms with E-state index in [0.29, 0.717) is 10.7 Å². The third kappa shape index (κ3) is 3.72. The number of hydrogen-bond acceptors (Lipinski definition) is 3. The van der Waals surface area contributed by atoms with Crippen LogP contribution in [0.15, 0.2) is 38.6 Å². The molecule has 1 unspecified atom stereocenters. The summed E-state index contributed by atoms with van der Waals surface area (Å²) in [6.07, 6.45) is 0. The topological polar surface area (TPSA) is 49.3 Å². The van der Waals surface area contributed by atoms with E-state index in [2.05, 4.69) is 37.2 Å². The van der Waals surface area contributed by atoms with Crippen LogP contribution < -0.4 is 5.32 Å². The molecule has 1 atom stereocenters. The molecule has 0 spiro atoms. The molecule has 1 aromatic heterocycles. The zero-order valence-electron chi connectivity index (χ0n) is 9.36. The number of carboxylic acid groups (broad SMARTS) is 1. The van der Waals surface area contributed by atoms with Crippen molar-refractivity contribution in [2.24, 2.45) is 0 Å². The second-order valence-corrected chi connectivity index (χ2v) is 6.83. The molecule has 0 bridgehead atoms. The molecule has 0 saturated carbocycles. The highest BCUT2D eigenvalue weighted by Gasteiger charge is 2.21. The molecule has 19 heavy (non-hydrogen) atoms. The molecular formula is C12H8Br2ClNO2S. The lowest BCUT2D eigenvalue weighted by molar-refractivity contribution is -0.138. The maximum Gasteiger partial charge on any atom is 0.331 e. The van der Waals surface area contributed by atoms with E-state index in [9.17, 15) is 9.90 Å². The number of benzene rings is 1. The van der Waals surface area contributed by atoms with Gasteiger partial charge in [0.1, 0.15) is 0 Å². The minimum atomic E-state index is -0.930. The molecule has 0 fully saturated rings. The number of aliphatic carboxylic acids is 1. The lowest BCUT2D eigenvalue weighted by Crippen LogP contribution is -2.19. The first-order chi connectivity index (χ1) is 8.97. The van der Waals surface area contributed by atoms with Gasteiger partial charge in [0.15, 0.2) is 6.04 Å². The number of anilines is 1. The number of thiophene rings is 1. The lowest BCUT2D eigenvalue weighted by Gasteiger charge is -2.14. The number of carboxylic acids is 1. The van der Waals surface area contributed by atoms with E-state index in [4.69, 9.17) is 11.6 Å². The van der Waals surface area contributed by atoms with Crippen LogP contribution in [-0.4, -0.2) is 11.1 Å². The summed E-state index contributed by atoms with van der Waals surface area (Å²) in [5.41, 5.74) is 0.688. The number of carbonyl (C=O) groups is 1. The van der Waals surface area contributed by atoms with Crippen molar-refractivity contribution in [2.75, 3.05) is 5.32 Å². The Morgan fingerprint density at radius 2 is 2.11 bits per heavy atom. The van der Waals surface area contributed by atoms with E-state index in [0.717, 1.165) is 13.8 Å². The van der Waals surface area contributed by atoms with E-state index in [1.807, 2.05) is 5.38 Å². The number of halogens is 3. The van der Waals surface area contributed by atoms with Crippen LogP contribution in [-0.2, 0) is 4.79 Å². The van der Waals surface area contributed by atoms with Crippen molar-refractivity contribution in [3.05, 3.63) is 48.5 Å². The predicted molar refractivity (Wildman–Crippen MR) is 85.2 cm³/mol. The van der Waals surface area contributed by atoms with Crippen molar-refractivity contribution in [1.29, 1.82) is 0 Å². The van der Waals surface area contributed by atoms with Gasteiger partial charge in [-0.15, -0.1) is 11.3 Å². The summed E-state index contributed by atoms with van der Waals surface area (Å²) < 4.78 is 1.59. The van der Waals surface area contributed by atoms with Gasteiger partial charge in [0, 0.05) is 24.9 Å². The third-order valence-corrected chi connectivity index (χ3v) is 5.32. The molecule has 2 N–H and O–H groups in total. The highest BCUT2D eigenvalue weighted by atomic mass is 79.9. The van der Waals surface area contributed by atoms with Crippen molar-refractivity contribution in [3.8, 4) is 0 Å². The summed E-state index contributed by atoms with van der Waals surface area (Å²) in [7, 11) is 0. The van der Waals surface area contributed by atoms with Crippen molar-refractivity contribution in [3.63, 3.8) is 0 Å². The molecular weight excluding hydrogens is 417 g/mol. The third-order valence-electron chi connectivity index (χ3n) is 2.35. The lowest BCUT2D eigenvalue weighted by atomic mass is 10.2. The normalized spacial score (nSPS) is 12.2. The van der Waals surface area contributed by atoms with Crippen LogP contribution >= 0.6 is 54.8 Å². The predicted octanol–water partition coefficient (Wildman–Crippen LogP) is 5.16. The summed E-state index contributed by atoms with van der Waals surface area (Å²) >= 11 is 13.9. The second-order valence-electron chi connectivity index (χ2n) is 3.71. The van der Waals surface area contributed by atoms with E-state index >= 15 is 0 Å². The Morgan fingerprint density at radius 1 is 1.37 bits per heavy atom.